The van der Waals surface area contributed by atoms with Crippen molar-refractivity contribution in [1.29, 1.82) is 0 Å². The fraction of sp³-hybridized carbons (Fsp3) is 0.474. The van der Waals surface area contributed by atoms with Crippen molar-refractivity contribution in [1.82, 2.24) is 20.0 Å². The van der Waals surface area contributed by atoms with Crippen molar-refractivity contribution in [2.75, 3.05) is 39.3 Å². The number of hydrogen-bond donors (Lipinski definition) is 1. The largest absolute Gasteiger partial charge is 0.450 e. The normalized spacial score (nSPS) is 21.2. The first-order valence-corrected chi connectivity index (χ1v) is 9.76. The van der Waals surface area contributed by atoms with Gasteiger partial charge < -0.3 is 19.9 Å². The van der Waals surface area contributed by atoms with Gasteiger partial charge in [-0.1, -0.05) is 0 Å². The molecule has 2 heterocycles. The van der Waals surface area contributed by atoms with Gasteiger partial charge in [0.2, 0.25) is 5.91 Å². The van der Waals surface area contributed by atoms with Gasteiger partial charge in [0.25, 0.3) is 11.6 Å². The van der Waals surface area contributed by atoms with Crippen LogP contribution >= 0.6 is 0 Å². The molecule has 1 aromatic rings. The predicted octanol–water partition coefficient (Wildman–Crippen LogP) is 0.663. The minimum atomic E-state index is -1.44. The Kier molecular flexibility index (Phi) is 6.09. The highest BCUT2D eigenvalue weighted by molar-refractivity contribution is 6.09. The third kappa shape index (κ3) is 4.27. The second-order valence-electron chi connectivity index (χ2n) is 7.32. The van der Waals surface area contributed by atoms with Gasteiger partial charge in [0.1, 0.15) is 12.1 Å². The summed E-state index contributed by atoms with van der Waals surface area (Å²) in [6.45, 7) is 4.14. The van der Waals surface area contributed by atoms with Gasteiger partial charge in [0.15, 0.2) is 0 Å². The Balaban J connectivity index is 1.64. The van der Waals surface area contributed by atoms with Crippen molar-refractivity contribution in [3.8, 4) is 0 Å². The summed E-state index contributed by atoms with van der Waals surface area (Å²) in [6, 6.07) is 4.57. The Hall–Kier alpha value is -3.70. The topological polar surface area (TPSA) is 142 Å². The van der Waals surface area contributed by atoms with E-state index in [1.165, 1.54) is 41.0 Å². The number of carbonyl (C=O) groups is 4. The van der Waals surface area contributed by atoms with E-state index in [2.05, 4.69) is 5.32 Å². The zero-order chi connectivity index (χ0) is 22.8. The molecule has 0 bridgehead atoms. The van der Waals surface area contributed by atoms with Gasteiger partial charge in [-0.25, -0.2) is 9.59 Å². The number of nitrogens with zero attached hydrogens (tertiary/aromatic N) is 4. The molecule has 2 fully saturated rings. The number of urea groups is 1. The Morgan fingerprint density at radius 3 is 2.26 bits per heavy atom. The molecule has 1 N–H and O–H groups in total. The highest BCUT2D eigenvalue weighted by Crippen LogP contribution is 2.30. The van der Waals surface area contributed by atoms with E-state index in [1.54, 1.807) is 6.92 Å². The molecule has 1 aromatic carbocycles. The Morgan fingerprint density at radius 1 is 1.13 bits per heavy atom. The third-order valence-corrected chi connectivity index (χ3v) is 5.38. The molecule has 2 aliphatic rings. The molecule has 2 aliphatic heterocycles. The second kappa shape index (κ2) is 8.58. The average Bonchev–Trinajstić information content (AvgIpc) is 2.98. The number of hydrogen-bond acceptors (Lipinski definition) is 7. The van der Waals surface area contributed by atoms with Crippen LogP contribution in [0.1, 0.15) is 19.4 Å². The lowest BCUT2D eigenvalue weighted by atomic mass is 9.92. The van der Waals surface area contributed by atoms with Crippen LogP contribution in [0.5, 0.6) is 0 Å². The molecule has 0 saturated carbocycles. The fourth-order valence-corrected chi connectivity index (χ4v) is 3.54. The van der Waals surface area contributed by atoms with Crippen LogP contribution in [0.3, 0.4) is 0 Å². The summed E-state index contributed by atoms with van der Waals surface area (Å²) in [5.41, 5.74) is -1.21. The van der Waals surface area contributed by atoms with Crippen LogP contribution < -0.4 is 5.32 Å². The van der Waals surface area contributed by atoms with Gasteiger partial charge in [-0.05, 0) is 31.5 Å². The molecule has 1 atom stereocenters. The standard InChI is InChI=1S/C19H23N5O7/c1-3-31-18(28)22-10-8-21(9-11-22)15(25)12-23-16(26)19(2,20-17(23)27)13-4-6-14(7-5-13)24(29)30/h4-7H,3,8-12H2,1-2H3,(H,20,27). The fourth-order valence-electron chi connectivity index (χ4n) is 3.54. The summed E-state index contributed by atoms with van der Waals surface area (Å²) in [7, 11) is 0. The monoisotopic (exact) mass is 433 g/mol. The van der Waals surface area contributed by atoms with E-state index in [4.69, 9.17) is 4.74 Å². The Labute approximate surface area is 177 Å². The molecule has 166 valence electrons. The third-order valence-electron chi connectivity index (χ3n) is 5.38. The van der Waals surface area contributed by atoms with Gasteiger partial charge in [-0.2, -0.15) is 0 Å². The molecular weight excluding hydrogens is 410 g/mol. The van der Waals surface area contributed by atoms with E-state index >= 15 is 0 Å². The number of ether oxygens (including phenoxy) is 1. The average molecular weight is 433 g/mol. The van der Waals surface area contributed by atoms with Gasteiger partial charge >= 0.3 is 12.1 Å². The van der Waals surface area contributed by atoms with Gasteiger partial charge in [0.05, 0.1) is 11.5 Å². The summed E-state index contributed by atoms with van der Waals surface area (Å²) in [5, 5.41) is 13.4. The van der Waals surface area contributed by atoms with Crippen LogP contribution in [0, 0.1) is 10.1 Å². The van der Waals surface area contributed by atoms with Crippen molar-refractivity contribution in [2.24, 2.45) is 0 Å². The first kappa shape index (κ1) is 22.0. The maximum absolute atomic E-state index is 13.0. The zero-order valence-electron chi connectivity index (χ0n) is 17.2. The van der Waals surface area contributed by atoms with E-state index < -0.39 is 40.9 Å². The van der Waals surface area contributed by atoms with Crippen LogP contribution in [-0.4, -0.2) is 82.9 Å². The number of nitro benzene ring substituents is 1. The molecule has 12 nitrogen and oxygen atoms in total. The van der Waals surface area contributed by atoms with E-state index in [-0.39, 0.29) is 25.4 Å². The van der Waals surface area contributed by atoms with Crippen LogP contribution in [0.15, 0.2) is 24.3 Å². The minimum absolute atomic E-state index is 0.141. The van der Waals surface area contributed by atoms with Crippen molar-refractivity contribution < 1.29 is 28.8 Å². The summed E-state index contributed by atoms with van der Waals surface area (Å²) in [5.74, 6) is -1.04. The van der Waals surface area contributed by atoms with Gasteiger partial charge in [-0.3, -0.25) is 24.6 Å². The summed E-state index contributed by atoms with van der Waals surface area (Å²) in [6.07, 6.45) is -0.442. The number of nitro groups is 1. The van der Waals surface area contributed by atoms with Gasteiger partial charge in [0, 0.05) is 38.3 Å². The number of rotatable bonds is 5. The lowest BCUT2D eigenvalue weighted by molar-refractivity contribution is -0.384. The van der Waals surface area contributed by atoms with Crippen LogP contribution in [0.25, 0.3) is 0 Å². The SMILES string of the molecule is CCOC(=O)N1CCN(C(=O)CN2C(=O)NC(C)(c3ccc([N+](=O)[O-])cc3)C2=O)CC1. The Morgan fingerprint density at radius 2 is 1.71 bits per heavy atom. The number of imide groups is 1. The molecule has 12 heteroatoms. The number of carbonyl (C=O) groups excluding carboxylic acids is 4. The molecule has 31 heavy (non-hydrogen) atoms. The lowest BCUT2D eigenvalue weighted by Gasteiger charge is -2.34. The smallest absolute Gasteiger partial charge is 0.409 e. The first-order chi connectivity index (χ1) is 14.7. The highest BCUT2D eigenvalue weighted by atomic mass is 16.6. The number of non-ortho nitro benzene ring substituents is 1. The van der Waals surface area contributed by atoms with E-state index in [0.29, 0.717) is 18.7 Å². The van der Waals surface area contributed by atoms with E-state index in [1.807, 2.05) is 0 Å². The van der Waals surface area contributed by atoms with Crippen molar-refractivity contribution in [3.05, 3.63) is 39.9 Å². The van der Waals surface area contributed by atoms with E-state index in [0.717, 1.165) is 4.90 Å². The number of amides is 5. The van der Waals surface area contributed by atoms with E-state index in [9.17, 15) is 29.3 Å². The quantitative estimate of drug-likeness (QED) is 0.408. The molecule has 1 unspecified atom stereocenters. The molecule has 0 aromatic heterocycles. The summed E-state index contributed by atoms with van der Waals surface area (Å²) in [4.78, 5) is 63.9. The number of piperazine rings is 1. The zero-order valence-corrected chi connectivity index (χ0v) is 17.2. The van der Waals surface area contributed by atoms with Crippen LogP contribution in [-0.2, 0) is 19.9 Å². The molecule has 5 amide bonds. The van der Waals surface area contributed by atoms with Crippen molar-refractivity contribution in [3.63, 3.8) is 0 Å². The maximum atomic E-state index is 13.0. The predicted molar refractivity (Wildman–Crippen MR) is 106 cm³/mol. The second-order valence-corrected chi connectivity index (χ2v) is 7.32. The Bertz CT molecular complexity index is 911. The number of benzene rings is 1. The molecule has 0 spiro atoms. The molecule has 0 aliphatic carbocycles. The van der Waals surface area contributed by atoms with Crippen LogP contribution in [0.4, 0.5) is 15.3 Å². The molecule has 3 rings (SSSR count). The highest BCUT2D eigenvalue weighted by Gasteiger charge is 2.50. The molecule has 2 saturated heterocycles. The first-order valence-electron chi connectivity index (χ1n) is 9.76. The van der Waals surface area contributed by atoms with Crippen LogP contribution in [0.2, 0.25) is 0 Å². The summed E-state index contributed by atoms with van der Waals surface area (Å²) < 4.78 is 4.94. The minimum Gasteiger partial charge on any atom is -0.450 e. The van der Waals surface area contributed by atoms with Crippen molar-refractivity contribution >= 4 is 29.6 Å². The number of nitrogens with one attached hydrogen (secondary N) is 1. The maximum Gasteiger partial charge on any atom is 0.409 e. The van der Waals surface area contributed by atoms with Crippen molar-refractivity contribution in [2.45, 2.75) is 19.4 Å². The lowest BCUT2D eigenvalue weighted by Crippen LogP contribution is -2.53. The molecular formula is C19H23N5O7. The van der Waals surface area contributed by atoms with Gasteiger partial charge in [-0.15, -0.1) is 0 Å². The molecule has 0 radical (unpaired) electrons. The summed E-state index contributed by atoms with van der Waals surface area (Å²) >= 11 is 0.